The van der Waals surface area contributed by atoms with E-state index in [4.69, 9.17) is 9.15 Å². The fourth-order valence-electron chi connectivity index (χ4n) is 2.55. The normalized spacial score (nSPS) is 11.4. The summed E-state index contributed by atoms with van der Waals surface area (Å²) in [7, 11) is 0. The van der Waals surface area contributed by atoms with Gasteiger partial charge in [-0.2, -0.15) is 4.68 Å². The van der Waals surface area contributed by atoms with Crippen molar-refractivity contribution in [2.45, 2.75) is 39.3 Å². The molecule has 0 radical (unpaired) electrons. The van der Waals surface area contributed by atoms with Crippen LogP contribution in [0.25, 0.3) is 11.5 Å². The van der Waals surface area contributed by atoms with Crippen molar-refractivity contribution in [3.05, 3.63) is 76.0 Å². The number of rotatable bonds is 5. The molecule has 1 aromatic heterocycles. The van der Waals surface area contributed by atoms with E-state index in [1.54, 1.807) is 0 Å². The Kier molecular flexibility index (Phi) is 5.44. The van der Waals surface area contributed by atoms with E-state index in [9.17, 15) is 14.0 Å². The van der Waals surface area contributed by atoms with Crippen molar-refractivity contribution >= 4 is 5.97 Å². The van der Waals surface area contributed by atoms with Crippen LogP contribution >= 0.6 is 0 Å². The van der Waals surface area contributed by atoms with E-state index in [-0.39, 0.29) is 24.5 Å². The largest absolute Gasteiger partial charge is 0.459 e. The van der Waals surface area contributed by atoms with Gasteiger partial charge in [-0.15, -0.1) is 5.10 Å². The minimum absolute atomic E-state index is 0.00979. The maximum absolute atomic E-state index is 13.0. The molecule has 0 aliphatic carbocycles. The highest BCUT2D eigenvalue weighted by molar-refractivity contribution is 5.69. The molecule has 28 heavy (non-hydrogen) atoms. The van der Waals surface area contributed by atoms with E-state index in [0.29, 0.717) is 5.56 Å². The highest BCUT2D eigenvalue weighted by Crippen LogP contribution is 2.22. The lowest BCUT2D eigenvalue weighted by Crippen LogP contribution is -2.23. The molecule has 0 unspecified atom stereocenters. The lowest BCUT2D eigenvalue weighted by atomic mass is 9.87. The summed E-state index contributed by atoms with van der Waals surface area (Å²) in [6.45, 7) is 6.10. The van der Waals surface area contributed by atoms with Gasteiger partial charge in [-0.1, -0.05) is 45.0 Å². The first-order chi connectivity index (χ1) is 13.2. The van der Waals surface area contributed by atoms with Crippen LogP contribution in [0, 0.1) is 5.82 Å². The Hall–Kier alpha value is -3.22. The van der Waals surface area contributed by atoms with Crippen LogP contribution in [0.1, 0.15) is 31.9 Å². The molecular weight excluding hydrogens is 363 g/mol. The van der Waals surface area contributed by atoms with Crippen LogP contribution in [-0.4, -0.2) is 15.7 Å². The topological polar surface area (TPSA) is 74.3 Å². The lowest BCUT2D eigenvalue weighted by Gasteiger charge is -2.19. The monoisotopic (exact) mass is 384 g/mol. The summed E-state index contributed by atoms with van der Waals surface area (Å²) in [4.78, 5) is 23.9. The smallest absolute Gasteiger partial charge is 0.437 e. The number of benzene rings is 2. The van der Waals surface area contributed by atoms with Gasteiger partial charge in [0.1, 0.15) is 19.0 Å². The molecule has 1 heterocycles. The third-order valence-electron chi connectivity index (χ3n) is 4.20. The number of esters is 1. The molecule has 0 bridgehead atoms. The van der Waals surface area contributed by atoms with E-state index in [0.717, 1.165) is 10.2 Å². The molecule has 0 spiro atoms. The van der Waals surface area contributed by atoms with Crippen molar-refractivity contribution < 1.29 is 18.3 Å². The molecule has 3 aromatic rings. The minimum atomic E-state index is -0.786. The molecule has 0 amide bonds. The standard InChI is InChI=1S/C21H21FN2O4/c1-21(2,3)16-8-4-14(5-9-16)13-27-18(25)12-24-20(26)28-19(23-24)15-6-10-17(22)11-7-15/h4-11H,12-13H2,1-3H3. The summed E-state index contributed by atoms with van der Waals surface area (Å²) >= 11 is 0. The quantitative estimate of drug-likeness (QED) is 0.628. The Morgan fingerprint density at radius 1 is 1.11 bits per heavy atom. The van der Waals surface area contributed by atoms with Gasteiger partial charge in [-0.05, 0) is 40.8 Å². The Morgan fingerprint density at radius 2 is 1.75 bits per heavy atom. The maximum atomic E-state index is 13.0. The van der Waals surface area contributed by atoms with Crippen LogP contribution < -0.4 is 5.76 Å². The molecule has 7 heteroatoms. The van der Waals surface area contributed by atoms with Crippen molar-refractivity contribution in [1.82, 2.24) is 9.78 Å². The number of carbonyl (C=O) groups is 1. The van der Waals surface area contributed by atoms with Crippen molar-refractivity contribution in [2.75, 3.05) is 0 Å². The second-order valence-corrected chi connectivity index (χ2v) is 7.45. The van der Waals surface area contributed by atoms with Gasteiger partial charge in [0.25, 0.3) is 0 Å². The van der Waals surface area contributed by atoms with E-state index in [1.807, 2.05) is 24.3 Å². The molecule has 6 nitrogen and oxygen atoms in total. The van der Waals surface area contributed by atoms with E-state index in [2.05, 4.69) is 25.9 Å². The third-order valence-corrected chi connectivity index (χ3v) is 4.20. The number of carbonyl (C=O) groups excluding carboxylic acids is 1. The summed E-state index contributed by atoms with van der Waals surface area (Å²) in [5.41, 5.74) is 2.52. The van der Waals surface area contributed by atoms with Crippen molar-refractivity contribution in [1.29, 1.82) is 0 Å². The van der Waals surface area contributed by atoms with Gasteiger partial charge in [0.2, 0.25) is 5.89 Å². The van der Waals surface area contributed by atoms with Crippen molar-refractivity contribution in [3.63, 3.8) is 0 Å². The number of ether oxygens (including phenoxy) is 1. The van der Waals surface area contributed by atoms with Crippen LogP contribution in [0.2, 0.25) is 0 Å². The molecule has 0 aliphatic heterocycles. The zero-order valence-electron chi connectivity index (χ0n) is 15.9. The molecular formula is C21H21FN2O4. The zero-order chi connectivity index (χ0) is 20.3. The van der Waals surface area contributed by atoms with Gasteiger partial charge in [0.05, 0.1) is 0 Å². The predicted octanol–water partition coefficient (Wildman–Crippen LogP) is 3.68. The number of aromatic nitrogens is 2. The van der Waals surface area contributed by atoms with Gasteiger partial charge in [-0.3, -0.25) is 4.79 Å². The van der Waals surface area contributed by atoms with Crippen LogP contribution in [0.4, 0.5) is 4.39 Å². The summed E-state index contributed by atoms with van der Waals surface area (Å²) in [5.74, 6) is -1.80. The maximum Gasteiger partial charge on any atom is 0.437 e. The van der Waals surface area contributed by atoms with Crippen LogP contribution in [-0.2, 0) is 28.1 Å². The molecule has 0 fully saturated rings. The van der Waals surface area contributed by atoms with E-state index in [1.165, 1.54) is 29.8 Å². The summed E-state index contributed by atoms with van der Waals surface area (Å²) in [6.07, 6.45) is 0. The first kappa shape index (κ1) is 19.5. The van der Waals surface area contributed by atoms with Crippen LogP contribution in [0.5, 0.6) is 0 Å². The van der Waals surface area contributed by atoms with Gasteiger partial charge >= 0.3 is 11.7 Å². The molecule has 0 aliphatic rings. The first-order valence-corrected chi connectivity index (χ1v) is 8.81. The molecule has 0 saturated carbocycles. The van der Waals surface area contributed by atoms with Gasteiger partial charge < -0.3 is 9.15 Å². The number of hydrogen-bond donors (Lipinski definition) is 0. The van der Waals surface area contributed by atoms with Crippen molar-refractivity contribution in [3.8, 4) is 11.5 Å². The average Bonchev–Trinajstić information content (AvgIpc) is 3.00. The lowest BCUT2D eigenvalue weighted by molar-refractivity contribution is -0.146. The van der Waals surface area contributed by atoms with Crippen LogP contribution in [0.15, 0.2) is 57.7 Å². The van der Waals surface area contributed by atoms with Gasteiger partial charge in [-0.25, -0.2) is 9.18 Å². The highest BCUT2D eigenvalue weighted by atomic mass is 19.1. The van der Waals surface area contributed by atoms with Crippen LogP contribution in [0.3, 0.4) is 0 Å². The van der Waals surface area contributed by atoms with Gasteiger partial charge in [0, 0.05) is 5.56 Å². The Morgan fingerprint density at radius 3 is 2.36 bits per heavy atom. The van der Waals surface area contributed by atoms with Gasteiger partial charge in [0.15, 0.2) is 0 Å². The number of halogens is 1. The molecule has 0 N–H and O–H groups in total. The minimum Gasteiger partial charge on any atom is -0.459 e. The third kappa shape index (κ3) is 4.73. The molecule has 3 rings (SSSR count). The SMILES string of the molecule is CC(C)(C)c1ccc(COC(=O)Cn2nc(-c3ccc(F)cc3)oc2=O)cc1. The fourth-order valence-corrected chi connectivity index (χ4v) is 2.55. The Balaban J connectivity index is 1.61. The molecule has 2 aromatic carbocycles. The Bertz CT molecular complexity index is 1010. The molecule has 146 valence electrons. The average molecular weight is 384 g/mol. The predicted molar refractivity (Wildman–Crippen MR) is 101 cm³/mol. The first-order valence-electron chi connectivity index (χ1n) is 8.81. The number of nitrogens with zero attached hydrogens (tertiary/aromatic N) is 2. The summed E-state index contributed by atoms with van der Waals surface area (Å²) < 4.78 is 24.1. The molecule has 0 atom stereocenters. The highest BCUT2D eigenvalue weighted by Gasteiger charge is 2.15. The fraction of sp³-hybridized carbons (Fsp3) is 0.286. The summed E-state index contributed by atoms with van der Waals surface area (Å²) in [6, 6.07) is 13.1. The molecule has 0 saturated heterocycles. The second kappa shape index (κ2) is 7.80. The Labute approximate surface area is 161 Å². The zero-order valence-corrected chi connectivity index (χ0v) is 15.9. The van der Waals surface area contributed by atoms with Crippen molar-refractivity contribution in [2.24, 2.45) is 0 Å². The number of hydrogen-bond acceptors (Lipinski definition) is 5. The van der Waals surface area contributed by atoms with E-state index >= 15 is 0 Å². The van der Waals surface area contributed by atoms with E-state index < -0.39 is 17.5 Å². The second-order valence-electron chi connectivity index (χ2n) is 7.45. The summed E-state index contributed by atoms with van der Waals surface area (Å²) in [5, 5.41) is 3.96.